The van der Waals surface area contributed by atoms with Gasteiger partial charge in [-0.3, -0.25) is 4.98 Å². The maximum atomic E-state index is 6.37. The van der Waals surface area contributed by atoms with E-state index in [1.165, 1.54) is 37.7 Å². The first-order chi connectivity index (χ1) is 17.7. The average molecular weight is 485 g/mol. The molecular weight excluding hydrogens is 448 g/mol. The van der Waals surface area contributed by atoms with Crippen molar-refractivity contribution in [1.29, 1.82) is 0 Å². The molecule has 0 aliphatic heterocycles. The van der Waals surface area contributed by atoms with Gasteiger partial charge in [0.05, 0.1) is 29.8 Å². The molecule has 0 atom stereocenters. The first kappa shape index (κ1) is 24.1. The van der Waals surface area contributed by atoms with Crippen LogP contribution in [0.4, 0.5) is 0 Å². The maximum absolute atomic E-state index is 6.37. The fraction of sp³-hybridized carbons (Fsp3) is 0.357. The van der Waals surface area contributed by atoms with Crippen molar-refractivity contribution in [3.8, 4) is 5.69 Å². The van der Waals surface area contributed by atoms with Gasteiger partial charge in [-0.05, 0) is 55.1 Å². The highest BCUT2D eigenvalue weighted by Crippen LogP contribution is 2.23. The van der Waals surface area contributed by atoms with Crippen LogP contribution in [-0.4, -0.2) is 37.5 Å². The van der Waals surface area contributed by atoms with E-state index in [1.54, 1.807) is 5.01 Å². The van der Waals surface area contributed by atoms with Crippen molar-refractivity contribution in [3.05, 3.63) is 90.5 Å². The number of rotatable bonds is 10. The zero-order chi connectivity index (χ0) is 24.7. The van der Waals surface area contributed by atoms with Crippen LogP contribution in [0.5, 0.6) is 0 Å². The predicted molar refractivity (Wildman–Crippen MR) is 144 cm³/mol. The molecule has 0 aromatic carbocycles. The summed E-state index contributed by atoms with van der Waals surface area (Å²) in [6.07, 6.45) is 20.7. The molecule has 5 rings (SSSR count). The van der Waals surface area contributed by atoms with Crippen LogP contribution in [0.15, 0.2) is 73.7 Å². The molecule has 4 aromatic rings. The van der Waals surface area contributed by atoms with Gasteiger partial charge in [-0.2, -0.15) is 0 Å². The summed E-state index contributed by atoms with van der Waals surface area (Å²) >= 11 is 0. The number of hydrogen-bond donors (Lipinski definition) is 3. The number of nitrogens with zero attached hydrogens (tertiary/aromatic N) is 5. The molecule has 4 N–H and O–H groups in total. The van der Waals surface area contributed by atoms with Crippen molar-refractivity contribution in [1.82, 2.24) is 34.6 Å². The Hall–Kier alpha value is -3.62. The Bertz CT molecular complexity index is 1280. The summed E-state index contributed by atoms with van der Waals surface area (Å²) in [5, 5.41) is 8.55. The van der Waals surface area contributed by atoms with E-state index in [1.807, 2.05) is 54.7 Å². The van der Waals surface area contributed by atoms with Crippen molar-refractivity contribution in [2.45, 2.75) is 45.2 Å². The topological polar surface area (TPSA) is 88.4 Å². The van der Waals surface area contributed by atoms with Crippen LogP contribution in [0.2, 0.25) is 0 Å². The van der Waals surface area contributed by atoms with Crippen molar-refractivity contribution >= 4 is 11.3 Å². The minimum Gasteiger partial charge on any atom is -0.386 e. The van der Waals surface area contributed by atoms with E-state index in [-0.39, 0.29) is 0 Å². The first-order valence-electron chi connectivity index (χ1n) is 12.8. The summed E-state index contributed by atoms with van der Waals surface area (Å²) < 4.78 is 4.12. The van der Waals surface area contributed by atoms with Gasteiger partial charge in [0.2, 0.25) is 0 Å². The number of aromatic nitrogens is 4. The average Bonchev–Trinajstić information content (AvgIpc) is 3.58. The number of nitrogens with two attached hydrogens (primary N) is 1. The number of hydrogen-bond acceptors (Lipinski definition) is 6. The summed E-state index contributed by atoms with van der Waals surface area (Å²) in [7, 11) is 1.89. The summed E-state index contributed by atoms with van der Waals surface area (Å²) in [5.74, 6) is 7.21. The summed E-state index contributed by atoms with van der Waals surface area (Å²) in [5.41, 5.74) is 5.94. The molecule has 0 bridgehead atoms. The second kappa shape index (κ2) is 11.4. The normalized spacial score (nSPS) is 14.9. The standard InChI is InChI=1S/C28H36N8/c1-30-27(24-13-26(17-32-16-24)34-11-5-6-12-34)21-36(29)20-25-19-35-18-23(9-10-28(35)33-25)15-31-14-22-7-3-2-4-8-22/h5-6,9-13,16-19,21-22,30-31H,2-4,7-8,14-15,20,29H2,1H3/b27-21-. The Labute approximate surface area is 212 Å². The molecule has 1 aliphatic carbocycles. The van der Waals surface area contributed by atoms with Gasteiger partial charge in [0.25, 0.3) is 0 Å². The highest BCUT2D eigenvalue weighted by Gasteiger charge is 2.13. The van der Waals surface area contributed by atoms with Crippen LogP contribution < -0.4 is 16.5 Å². The molecule has 4 heterocycles. The highest BCUT2D eigenvalue weighted by molar-refractivity contribution is 5.64. The summed E-state index contributed by atoms with van der Waals surface area (Å²) in [6, 6.07) is 10.3. The lowest BCUT2D eigenvalue weighted by molar-refractivity contribution is 0.342. The molecule has 8 heteroatoms. The molecule has 1 saturated carbocycles. The second-order valence-corrected chi connectivity index (χ2v) is 9.66. The Morgan fingerprint density at radius 3 is 2.78 bits per heavy atom. The van der Waals surface area contributed by atoms with Crippen molar-refractivity contribution in [3.63, 3.8) is 0 Å². The van der Waals surface area contributed by atoms with Crippen molar-refractivity contribution in [2.75, 3.05) is 13.6 Å². The monoisotopic (exact) mass is 484 g/mol. The number of hydrazine groups is 1. The number of imidazole rings is 1. The molecule has 4 aromatic heterocycles. The molecule has 8 nitrogen and oxygen atoms in total. The molecule has 188 valence electrons. The van der Waals surface area contributed by atoms with Gasteiger partial charge in [0.15, 0.2) is 0 Å². The second-order valence-electron chi connectivity index (χ2n) is 9.66. The van der Waals surface area contributed by atoms with Gasteiger partial charge in [-0.15, -0.1) is 0 Å². The molecule has 0 radical (unpaired) electrons. The minimum absolute atomic E-state index is 0.493. The molecule has 0 saturated heterocycles. The SMILES string of the molecule is CN/C(=C\N(N)Cc1cn2cc(CNCC3CCCCC3)ccc2n1)c1cncc(-n2cccc2)c1. The maximum Gasteiger partial charge on any atom is 0.137 e. The van der Waals surface area contributed by atoms with Crippen molar-refractivity contribution < 1.29 is 0 Å². The van der Waals surface area contributed by atoms with Gasteiger partial charge in [-0.25, -0.2) is 10.8 Å². The summed E-state index contributed by atoms with van der Waals surface area (Å²) in [6.45, 7) is 2.49. The molecule has 0 spiro atoms. The van der Waals surface area contributed by atoms with Crippen LogP contribution in [-0.2, 0) is 13.1 Å². The zero-order valence-corrected chi connectivity index (χ0v) is 21.0. The third-order valence-corrected chi connectivity index (χ3v) is 6.90. The van der Waals surface area contributed by atoms with E-state index < -0.39 is 0 Å². The van der Waals surface area contributed by atoms with E-state index in [0.717, 1.165) is 47.3 Å². The van der Waals surface area contributed by atoms with Gasteiger partial charge < -0.3 is 24.6 Å². The smallest absolute Gasteiger partial charge is 0.137 e. The molecule has 0 unspecified atom stereocenters. The van der Waals surface area contributed by atoms with Crippen LogP contribution >= 0.6 is 0 Å². The van der Waals surface area contributed by atoms with Crippen molar-refractivity contribution in [2.24, 2.45) is 11.8 Å². The van der Waals surface area contributed by atoms with Crippen LogP contribution in [0, 0.1) is 5.92 Å². The lowest BCUT2D eigenvalue weighted by Gasteiger charge is -2.21. The third-order valence-electron chi connectivity index (χ3n) is 6.90. The molecular formula is C28H36N8. The van der Waals surface area contributed by atoms with E-state index in [2.05, 4.69) is 50.6 Å². The van der Waals surface area contributed by atoms with Gasteiger partial charge >= 0.3 is 0 Å². The van der Waals surface area contributed by atoms with Gasteiger partial charge in [0.1, 0.15) is 5.65 Å². The largest absolute Gasteiger partial charge is 0.386 e. The van der Waals surface area contributed by atoms with Crippen LogP contribution in [0.1, 0.15) is 48.9 Å². The molecule has 1 aliphatic rings. The van der Waals surface area contributed by atoms with Gasteiger partial charge in [-0.1, -0.05) is 25.3 Å². The highest BCUT2D eigenvalue weighted by atomic mass is 15.4. The fourth-order valence-electron chi connectivity index (χ4n) is 4.99. The predicted octanol–water partition coefficient (Wildman–Crippen LogP) is 4.08. The van der Waals surface area contributed by atoms with Gasteiger partial charge in [0, 0.05) is 56.3 Å². The number of fused-ring (bicyclic) bond motifs is 1. The Morgan fingerprint density at radius 2 is 1.97 bits per heavy atom. The van der Waals surface area contributed by atoms with Crippen LogP contribution in [0.3, 0.4) is 0 Å². The Kier molecular flexibility index (Phi) is 7.64. The third kappa shape index (κ3) is 5.95. The molecule has 1 fully saturated rings. The first-order valence-corrected chi connectivity index (χ1v) is 12.8. The van der Waals surface area contributed by atoms with E-state index in [0.29, 0.717) is 6.54 Å². The fourth-order valence-corrected chi connectivity index (χ4v) is 4.99. The molecule has 36 heavy (non-hydrogen) atoms. The lowest BCUT2D eigenvalue weighted by atomic mass is 9.89. The molecule has 0 amide bonds. The lowest BCUT2D eigenvalue weighted by Crippen LogP contribution is -2.26. The van der Waals surface area contributed by atoms with E-state index >= 15 is 0 Å². The Morgan fingerprint density at radius 1 is 1.14 bits per heavy atom. The summed E-state index contributed by atoms with van der Waals surface area (Å²) in [4.78, 5) is 9.16. The number of nitrogens with one attached hydrogen (secondary N) is 2. The van der Waals surface area contributed by atoms with Crippen LogP contribution in [0.25, 0.3) is 17.0 Å². The minimum atomic E-state index is 0.493. The number of pyridine rings is 2. The zero-order valence-electron chi connectivity index (χ0n) is 21.0. The Balaban J connectivity index is 1.22. The van der Waals surface area contributed by atoms with E-state index in [4.69, 9.17) is 10.8 Å². The van der Waals surface area contributed by atoms with E-state index in [9.17, 15) is 0 Å². The quantitative estimate of drug-likeness (QED) is 0.232.